The average molecular weight is 649 g/mol. The first kappa shape index (κ1) is 30.8. The number of nitrogens with zero attached hydrogens (tertiary/aromatic N) is 4. The Kier molecular flexibility index (Phi) is 8.34. The van der Waals surface area contributed by atoms with E-state index in [0.29, 0.717) is 17.1 Å². The normalized spacial score (nSPS) is 13.0. The lowest BCUT2D eigenvalue weighted by molar-refractivity contribution is 0.471. The van der Waals surface area contributed by atoms with Crippen molar-refractivity contribution in [1.29, 1.82) is 0 Å². The van der Waals surface area contributed by atoms with E-state index in [4.69, 9.17) is 4.55 Å². The van der Waals surface area contributed by atoms with Crippen molar-refractivity contribution in [2.45, 2.75) is 9.79 Å². The fourth-order valence-electron chi connectivity index (χ4n) is 3.93. The lowest BCUT2D eigenvalue weighted by Crippen LogP contribution is -2.47. The number of anilines is 2. The summed E-state index contributed by atoms with van der Waals surface area (Å²) in [5.41, 5.74) is 5.33. The molecular weight excluding hydrogens is 628 g/mol. The van der Waals surface area contributed by atoms with Crippen molar-refractivity contribution in [3.8, 4) is 5.75 Å². The summed E-state index contributed by atoms with van der Waals surface area (Å²) >= 11 is 0. The summed E-state index contributed by atoms with van der Waals surface area (Å²) in [6, 6.07) is 20.3. The van der Waals surface area contributed by atoms with Crippen LogP contribution in [-0.2, 0) is 20.2 Å². The van der Waals surface area contributed by atoms with Crippen molar-refractivity contribution in [3.05, 3.63) is 122 Å². The number of benzene rings is 5. The molecule has 15 nitrogen and oxygen atoms in total. The molecule has 17 heteroatoms. The zero-order valence-electron chi connectivity index (χ0n) is 22.6. The molecule has 0 fully saturated rings. The third kappa shape index (κ3) is 7.31. The minimum atomic E-state index is -4.58. The van der Waals surface area contributed by atoms with Crippen LogP contribution < -0.4 is 32.4 Å². The zero-order chi connectivity index (χ0) is 32.4. The molecule has 0 unspecified atom stereocenters. The Hall–Kier alpha value is -5.62. The Bertz CT molecular complexity index is 2420. The van der Waals surface area contributed by atoms with E-state index in [2.05, 4.69) is 31.3 Å². The van der Waals surface area contributed by atoms with Crippen molar-refractivity contribution >= 4 is 53.8 Å². The summed E-state index contributed by atoms with van der Waals surface area (Å²) in [6.45, 7) is 0. The van der Waals surface area contributed by atoms with Crippen LogP contribution in [0.4, 0.5) is 22.7 Å². The topological polar surface area (TPSA) is 237 Å². The fraction of sp³-hybridized carbons (Fsp3) is 0. The van der Waals surface area contributed by atoms with Gasteiger partial charge in [0.25, 0.3) is 20.2 Å². The van der Waals surface area contributed by atoms with Gasteiger partial charge in [-0.2, -0.15) is 37.3 Å². The molecule has 0 aliphatic carbocycles. The van der Waals surface area contributed by atoms with Gasteiger partial charge in [0.2, 0.25) is 10.9 Å². The van der Waals surface area contributed by atoms with E-state index in [1.54, 1.807) is 24.3 Å². The fourth-order valence-corrected chi connectivity index (χ4v) is 4.94. The van der Waals surface area contributed by atoms with Gasteiger partial charge in [0.05, 0.1) is 32.5 Å². The summed E-state index contributed by atoms with van der Waals surface area (Å²) in [6.07, 6.45) is 0. The molecular formula is C28H20N6O9S2. The summed E-state index contributed by atoms with van der Waals surface area (Å²) in [7, 11) is -8.89. The van der Waals surface area contributed by atoms with E-state index in [0.717, 1.165) is 18.2 Å². The largest absolute Gasteiger partial charge is 0.507 e. The maximum atomic E-state index is 12.9. The van der Waals surface area contributed by atoms with Crippen LogP contribution in [0.2, 0.25) is 0 Å². The SMILES string of the molecule is O=c1cc/c(=N\Nc2ccc(N=Nc3ccc(S(=O)(=O)O)cc3)cc2)c(=O)/c1=N\Nc1ccc2c(O)cc(S(=O)(=O)O)cc2c1. The summed E-state index contributed by atoms with van der Waals surface area (Å²) in [4.78, 5) is 24.5. The molecule has 0 saturated heterocycles. The van der Waals surface area contributed by atoms with Crippen LogP contribution in [0.15, 0.2) is 131 Å². The maximum Gasteiger partial charge on any atom is 0.294 e. The second-order valence-corrected chi connectivity index (χ2v) is 12.1. The lowest BCUT2D eigenvalue weighted by atomic mass is 10.1. The maximum absolute atomic E-state index is 12.9. The van der Waals surface area contributed by atoms with Crippen LogP contribution in [0.25, 0.3) is 10.8 Å². The van der Waals surface area contributed by atoms with Crippen molar-refractivity contribution < 1.29 is 31.0 Å². The van der Waals surface area contributed by atoms with E-state index in [1.165, 1.54) is 48.5 Å². The van der Waals surface area contributed by atoms with Crippen LogP contribution in [0.3, 0.4) is 0 Å². The Morgan fingerprint density at radius 1 is 0.600 bits per heavy atom. The Morgan fingerprint density at radius 2 is 1.18 bits per heavy atom. The molecule has 228 valence electrons. The van der Waals surface area contributed by atoms with E-state index in [-0.39, 0.29) is 32.5 Å². The van der Waals surface area contributed by atoms with Crippen molar-refractivity contribution in [1.82, 2.24) is 0 Å². The number of phenols is 1. The molecule has 5 N–H and O–H groups in total. The number of rotatable bonds is 8. The molecule has 0 saturated carbocycles. The average Bonchev–Trinajstić information content (AvgIpc) is 2.99. The first-order chi connectivity index (χ1) is 21.3. The molecule has 5 rings (SSSR count). The van der Waals surface area contributed by atoms with E-state index < -0.39 is 41.3 Å². The molecule has 5 aromatic carbocycles. The van der Waals surface area contributed by atoms with E-state index in [1.807, 2.05) is 0 Å². The van der Waals surface area contributed by atoms with Gasteiger partial charge in [-0.05, 0) is 90.3 Å². The molecule has 0 heterocycles. The molecule has 45 heavy (non-hydrogen) atoms. The monoisotopic (exact) mass is 648 g/mol. The van der Waals surface area contributed by atoms with Gasteiger partial charge < -0.3 is 5.11 Å². The summed E-state index contributed by atoms with van der Waals surface area (Å²) < 4.78 is 63.6. The second-order valence-electron chi connectivity index (χ2n) is 9.28. The zero-order valence-corrected chi connectivity index (χ0v) is 24.2. The predicted molar refractivity (Wildman–Crippen MR) is 162 cm³/mol. The van der Waals surface area contributed by atoms with Crippen molar-refractivity contribution in [2.24, 2.45) is 20.4 Å². The van der Waals surface area contributed by atoms with Crippen molar-refractivity contribution in [3.63, 3.8) is 0 Å². The quantitative estimate of drug-likeness (QED) is 0.0931. The Labute approximate surface area is 253 Å². The van der Waals surface area contributed by atoms with Crippen LogP contribution in [0.5, 0.6) is 5.75 Å². The third-order valence-electron chi connectivity index (χ3n) is 6.16. The second kappa shape index (κ2) is 12.2. The van der Waals surface area contributed by atoms with Gasteiger partial charge in [-0.1, -0.05) is 0 Å². The molecule has 0 amide bonds. The highest BCUT2D eigenvalue weighted by molar-refractivity contribution is 7.86. The number of azo groups is 1. The minimum Gasteiger partial charge on any atom is -0.507 e. The Balaban J connectivity index is 1.33. The van der Waals surface area contributed by atoms with Gasteiger partial charge in [0.1, 0.15) is 11.1 Å². The molecule has 0 aromatic heterocycles. The predicted octanol–water partition coefficient (Wildman–Crippen LogP) is 2.91. The molecule has 0 atom stereocenters. The number of fused-ring (bicyclic) bond motifs is 1. The molecule has 0 spiro atoms. The van der Waals surface area contributed by atoms with Crippen molar-refractivity contribution in [2.75, 3.05) is 10.9 Å². The summed E-state index contributed by atoms with van der Waals surface area (Å²) in [5, 5.41) is 26.1. The van der Waals surface area contributed by atoms with E-state index in [9.17, 15) is 36.1 Å². The molecule has 0 bridgehead atoms. The number of hydrogen-bond donors (Lipinski definition) is 5. The number of hydrogen-bond acceptors (Lipinski definition) is 13. The number of nitrogens with one attached hydrogen (secondary N) is 2. The standard InChI is InChI=1S/C28H20N6O9S2/c35-25-12-11-24(33-31-18-3-1-17(2-4-18)29-30-19-5-8-21(9-6-19)44(38,39)40)28(37)27(25)34-32-20-7-10-23-16(13-20)14-22(15-26(23)36)45(41,42)43/h1-15,31-32,36H,(H,38,39,40)(H,41,42,43)/b30-29?,33-24+,34-27-. The van der Waals surface area contributed by atoms with Gasteiger partial charge in [0, 0.05) is 11.5 Å². The van der Waals surface area contributed by atoms with E-state index >= 15 is 0 Å². The minimum absolute atomic E-state index is 0.117. The number of aromatic hydroxyl groups is 1. The lowest BCUT2D eigenvalue weighted by Gasteiger charge is -2.06. The smallest absolute Gasteiger partial charge is 0.294 e. The first-order valence-electron chi connectivity index (χ1n) is 12.6. The van der Waals surface area contributed by atoms with Gasteiger partial charge >= 0.3 is 0 Å². The van der Waals surface area contributed by atoms with Gasteiger partial charge in [0.15, 0.2) is 5.36 Å². The van der Waals surface area contributed by atoms with Gasteiger partial charge in [-0.15, -0.1) is 0 Å². The highest BCUT2D eigenvalue weighted by atomic mass is 32.2. The third-order valence-corrected chi connectivity index (χ3v) is 7.86. The highest BCUT2D eigenvalue weighted by Gasteiger charge is 2.14. The van der Waals surface area contributed by atoms with Crippen LogP contribution in [-0.4, -0.2) is 31.0 Å². The molecule has 0 aliphatic heterocycles. The van der Waals surface area contributed by atoms with Gasteiger partial charge in [-0.25, -0.2) is 0 Å². The number of phenolic OH excluding ortho intramolecular Hbond substituents is 1. The first-order valence-corrected chi connectivity index (χ1v) is 15.4. The van der Waals surface area contributed by atoms with Gasteiger partial charge in [-0.3, -0.25) is 29.5 Å². The molecule has 0 aliphatic rings. The molecule has 0 radical (unpaired) electrons. The highest BCUT2D eigenvalue weighted by Crippen LogP contribution is 2.30. The summed E-state index contributed by atoms with van der Waals surface area (Å²) in [5.74, 6) is -0.375. The molecule has 5 aromatic rings. The van der Waals surface area contributed by atoms with Crippen LogP contribution in [0.1, 0.15) is 0 Å². The Morgan fingerprint density at radius 3 is 1.80 bits per heavy atom. The van der Waals surface area contributed by atoms with Crippen LogP contribution in [0, 0.1) is 0 Å². The van der Waals surface area contributed by atoms with Crippen LogP contribution >= 0.6 is 0 Å².